The maximum atomic E-state index is 12.8. The molecule has 104 valence electrons. The third-order valence-electron chi connectivity index (χ3n) is 3.20. The van der Waals surface area contributed by atoms with Gasteiger partial charge in [-0.2, -0.15) is 0 Å². The Morgan fingerprint density at radius 3 is 2.45 bits per heavy atom. The van der Waals surface area contributed by atoms with Crippen molar-refractivity contribution in [1.29, 1.82) is 0 Å². The van der Waals surface area contributed by atoms with E-state index in [1.807, 2.05) is 6.92 Å². The summed E-state index contributed by atoms with van der Waals surface area (Å²) in [6, 6.07) is 11.3. The van der Waals surface area contributed by atoms with Crippen LogP contribution in [0.25, 0.3) is 0 Å². The molecule has 0 fully saturated rings. The summed E-state index contributed by atoms with van der Waals surface area (Å²) < 4.78 is 12.8. The number of nitrogens with zero attached hydrogens (tertiary/aromatic N) is 1. The standard InChI is InChI=1S/C16H17FN2O/c1-11-9-13(5-8-15(11)18)16(20)19(2)10-12-3-6-14(17)7-4-12/h3-9H,10,18H2,1-2H3. The second-order valence-electron chi connectivity index (χ2n) is 4.86. The quantitative estimate of drug-likeness (QED) is 0.873. The van der Waals surface area contributed by atoms with Gasteiger partial charge in [-0.05, 0) is 48.4 Å². The maximum Gasteiger partial charge on any atom is 0.253 e. The fraction of sp³-hybridized carbons (Fsp3) is 0.188. The normalized spacial score (nSPS) is 10.3. The van der Waals surface area contributed by atoms with E-state index in [-0.39, 0.29) is 11.7 Å². The number of halogens is 1. The molecule has 0 heterocycles. The van der Waals surface area contributed by atoms with E-state index in [1.165, 1.54) is 12.1 Å². The number of hydrogen-bond donors (Lipinski definition) is 1. The SMILES string of the molecule is Cc1cc(C(=O)N(C)Cc2ccc(F)cc2)ccc1N. The molecule has 3 nitrogen and oxygen atoms in total. The molecule has 20 heavy (non-hydrogen) atoms. The minimum Gasteiger partial charge on any atom is -0.399 e. The molecule has 0 spiro atoms. The first kappa shape index (κ1) is 14.1. The molecule has 1 amide bonds. The van der Waals surface area contributed by atoms with Crippen LogP contribution in [0.1, 0.15) is 21.5 Å². The Kier molecular flexibility index (Phi) is 4.03. The first-order chi connectivity index (χ1) is 9.47. The van der Waals surface area contributed by atoms with Crippen LogP contribution in [0.2, 0.25) is 0 Å². The number of nitrogens with two attached hydrogens (primary N) is 1. The number of amides is 1. The van der Waals surface area contributed by atoms with Crippen molar-refractivity contribution in [3.63, 3.8) is 0 Å². The Labute approximate surface area is 117 Å². The molecule has 0 aliphatic rings. The third kappa shape index (κ3) is 3.15. The second kappa shape index (κ2) is 5.74. The van der Waals surface area contributed by atoms with E-state index in [9.17, 15) is 9.18 Å². The van der Waals surface area contributed by atoms with Crippen LogP contribution in [0, 0.1) is 12.7 Å². The van der Waals surface area contributed by atoms with Crippen LogP contribution in [0.4, 0.5) is 10.1 Å². The Balaban J connectivity index is 2.11. The molecular formula is C16H17FN2O. The summed E-state index contributed by atoms with van der Waals surface area (Å²) in [6.45, 7) is 2.30. The zero-order chi connectivity index (χ0) is 14.7. The van der Waals surface area contributed by atoms with Crippen molar-refractivity contribution in [2.75, 3.05) is 12.8 Å². The van der Waals surface area contributed by atoms with Crippen LogP contribution in [-0.4, -0.2) is 17.9 Å². The predicted molar refractivity (Wildman–Crippen MR) is 77.8 cm³/mol. The number of anilines is 1. The molecule has 0 bridgehead atoms. The van der Waals surface area contributed by atoms with Crippen molar-refractivity contribution in [2.45, 2.75) is 13.5 Å². The summed E-state index contributed by atoms with van der Waals surface area (Å²) in [7, 11) is 1.72. The molecule has 2 N–H and O–H groups in total. The van der Waals surface area contributed by atoms with Crippen LogP contribution >= 0.6 is 0 Å². The number of benzene rings is 2. The minimum absolute atomic E-state index is 0.0857. The van der Waals surface area contributed by atoms with Crippen LogP contribution in [0.5, 0.6) is 0 Å². The molecule has 2 rings (SSSR count). The Morgan fingerprint density at radius 1 is 1.20 bits per heavy atom. The summed E-state index contributed by atoms with van der Waals surface area (Å²) >= 11 is 0. The smallest absolute Gasteiger partial charge is 0.253 e. The molecule has 0 aliphatic carbocycles. The van der Waals surface area contributed by atoms with Gasteiger partial charge < -0.3 is 10.6 Å². The summed E-state index contributed by atoms with van der Waals surface area (Å²) in [6.07, 6.45) is 0. The van der Waals surface area contributed by atoms with E-state index in [2.05, 4.69) is 0 Å². The highest BCUT2D eigenvalue weighted by Crippen LogP contribution is 2.15. The summed E-state index contributed by atoms with van der Waals surface area (Å²) in [5.41, 5.74) is 8.77. The van der Waals surface area contributed by atoms with Gasteiger partial charge in [0, 0.05) is 24.8 Å². The van der Waals surface area contributed by atoms with Crippen molar-refractivity contribution >= 4 is 11.6 Å². The average Bonchev–Trinajstić information content (AvgIpc) is 2.43. The lowest BCUT2D eigenvalue weighted by Crippen LogP contribution is -2.26. The first-order valence-corrected chi connectivity index (χ1v) is 6.33. The predicted octanol–water partition coefficient (Wildman–Crippen LogP) is 2.99. The Morgan fingerprint density at radius 2 is 1.85 bits per heavy atom. The molecule has 0 unspecified atom stereocenters. The minimum atomic E-state index is -0.281. The largest absolute Gasteiger partial charge is 0.399 e. The number of hydrogen-bond acceptors (Lipinski definition) is 2. The molecule has 0 atom stereocenters. The highest BCUT2D eigenvalue weighted by Gasteiger charge is 2.12. The first-order valence-electron chi connectivity index (χ1n) is 6.33. The van der Waals surface area contributed by atoms with E-state index in [1.54, 1.807) is 42.3 Å². The van der Waals surface area contributed by atoms with Crippen molar-refractivity contribution in [2.24, 2.45) is 0 Å². The molecular weight excluding hydrogens is 255 g/mol. The highest BCUT2D eigenvalue weighted by atomic mass is 19.1. The van der Waals surface area contributed by atoms with E-state index in [4.69, 9.17) is 5.73 Å². The van der Waals surface area contributed by atoms with Gasteiger partial charge >= 0.3 is 0 Å². The van der Waals surface area contributed by atoms with E-state index < -0.39 is 0 Å². The molecule has 0 aromatic heterocycles. The maximum absolute atomic E-state index is 12.8. The van der Waals surface area contributed by atoms with E-state index in [0.717, 1.165) is 11.1 Å². The van der Waals surface area contributed by atoms with Crippen molar-refractivity contribution in [1.82, 2.24) is 4.90 Å². The number of rotatable bonds is 3. The number of carbonyl (C=O) groups excluding carboxylic acids is 1. The lowest BCUT2D eigenvalue weighted by molar-refractivity contribution is 0.0785. The monoisotopic (exact) mass is 272 g/mol. The fourth-order valence-corrected chi connectivity index (χ4v) is 1.96. The topological polar surface area (TPSA) is 46.3 Å². The van der Waals surface area contributed by atoms with Gasteiger partial charge in [-0.1, -0.05) is 12.1 Å². The molecule has 2 aromatic carbocycles. The molecule has 0 aliphatic heterocycles. The van der Waals surface area contributed by atoms with E-state index in [0.29, 0.717) is 17.8 Å². The molecule has 0 saturated heterocycles. The van der Waals surface area contributed by atoms with Gasteiger partial charge in [-0.15, -0.1) is 0 Å². The second-order valence-corrected chi connectivity index (χ2v) is 4.86. The van der Waals surface area contributed by atoms with Gasteiger partial charge in [-0.3, -0.25) is 4.79 Å². The van der Waals surface area contributed by atoms with Gasteiger partial charge in [0.15, 0.2) is 0 Å². The molecule has 2 aromatic rings. The van der Waals surface area contributed by atoms with Crippen LogP contribution < -0.4 is 5.73 Å². The highest BCUT2D eigenvalue weighted by molar-refractivity contribution is 5.94. The van der Waals surface area contributed by atoms with Crippen LogP contribution in [0.3, 0.4) is 0 Å². The fourth-order valence-electron chi connectivity index (χ4n) is 1.96. The van der Waals surface area contributed by atoms with Gasteiger partial charge in [0.1, 0.15) is 5.82 Å². The molecule has 0 saturated carbocycles. The zero-order valence-corrected chi connectivity index (χ0v) is 11.6. The van der Waals surface area contributed by atoms with Crippen LogP contribution in [-0.2, 0) is 6.54 Å². The van der Waals surface area contributed by atoms with E-state index >= 15 is 0 Å². The lowest BCUT2D eigenvalue weighted by Gasteiger charge is -2.18. The summed E-state index contributed by atoms with van der Waals surface area (Å²) in [5, 5.41) is 0. The molecule has 4 heteroatoms. The van der Waals surface area contributed by atoms with Crippen LogP contribution in [0.15, 0.2) is 42.5 Å². The van der Waals surface area contributed by atoms with Gasteiger partial charge in [-0.25, -0.2) is 4.39 Å². The summed E-state index contributed by atoms with van der Waals surface area (Å²) in [4.78, 5) is 13.9. The summed E-state index contributed by atoms with van der Waals surface area (Å²) in [5.74, 6) is -0.366. The van der Waals surface area contributed by atoms with Gasteiger partial charge in [0.2, 0.25) is 0 Å². The number of nitrogen functional groups attached to an aromatic ring is 1. The van der Waals surface area contributed by atoms with Crippen molar-refractivity contribution in [3.05, 3.63) is 65.0 Å². The van der Waals surface area contributed by atoms with Crippen molar-refractivity contribution in [3.8, 4) is 0 Å². The van der Waals surface area contributed by atoms with Crippen molar-refractivity contribution < 1.29 is 9.18 Å². The zero-order valence-electron chi connectivity index (χ0n) is 11.6. The number of carbonyl (C=O) groups is 1. The average molecular weight is 272 g/mol. The Bertz CT molecular complexity index is 623. The number of aryl methyl sites for hydroxylation is 1. The van der Waals surface area contributed by atoms with Gasteiger partial charge in [0.25, 0.3) is 5.91 Å². The van der Waals surface area contributed by atoms with Gasteiger partial charge in [0.05, 0.1) is 0 Å². The molecule has 0 radical (unpaired) electrons. The lowest BCUT2D eigenvalue weighted by atomic mass is 10.1. The Hall–Kier alpha value is -2.36. The third-order valence-corrected chi connectivity index (χ3v) is 3.20.